The molecule has 0 fully saturated rings. The molecule has 0 aliphatic carbocycles. The van der Waals surface area contributed by atoms with E-state index in [1.165, 1.54) is 0 Å². The van der Waals surface area contributed by atoms with Crippen LogP contribution in [0.1, 0.15) is 28.8 Å². The lowest BCUT2D eigenvalue weighted by atomic mass is 9.99. The number of unbranched alkanes of at least 4 members (excludes halogenated alkanes) is 1. The SMILES string of the molecule is C=CC(=O)OCCCCOC(=O)c1ccc(-c2ccc(OC(=O)C=C)cc2C)cc1. The standard InChI is InChI=1S/C24H24O6/c1-4-22(25)28-14-6-7-15-29-24(27)19-10-8-18(9-11-19)21-13-12-20(16-17(21)3)30-23(26)5-2/h4-5,8-13,16H,1-2,6-7,14-15H2,3H3. The highest BCUT2D eigenvalue weighted by Crippen LogP contribution is 2.27. The Morgan fingerprint density at radius 1 is 0.867 bits per heavy atom. The molecule has 0 aliphatic heterocycles. The lowest BCUT2D eigenvalue weighted by Crippen LogP contribution is -2.08. The molecular weight excluding hydrogens is 384 g/mol. The number of hydrogen-bond donors (Lipinski definition) is 0. The van der Waals surface area contributed by atoms with Crippen molar-refractivity contribution in [3.8, 4) is 16.9 Å². The first-order valence-corrected chi connectivity index (χ1v) is 9.46. The second kappa shape index (κ2) is 11.4. The number of ether oxygens (including phenoxy) is 3. The maximum Gasteiger partial charge on any atom is 0.338 e. The fourth-order valence-electron chi connectivity index (χ4n) is 2.65. The van der Waals surface area contributed by atoms with Crippen molar-refractivity contribution in [2.75, 3.05) is 13.2 Å². The van der Waals surface area contributed by atoms with Crippen LogP contribution in [0.3, 0.4) is 0 Å². The first-order valence-electron chi connectivity index (χ1n) is 9.46. The summed E-state index contributed by atoms with van der Waals surface area (Å²) in [7, 11) is 0. The fourth-order valence-corrected chi connectivity index (χ4v) is 2.65. The van der Waals surface area contributed by atoms with Gasteiger partial charge >= 0.3 is 17.9 Å². The first-order chi connectivity index (χ1) is 14.4. The Labute approximate surface area is 175 Å². The largest absolute Gasteiger partial charge is 0.463 e. The molecule has 0 amide bonds. The molecule has 6 nitrogen and oxygen atoms in total. The van der Waals surface area contributed by atoms with Crippen molar-refractivity contribution in [1.29, 1.82) is 0 Å². The Bertz CT molecular complexity index is 927. The van der Waals surface area contributed by atoms with Gasteiger partial charge in [-0.05, 0) is 60.7 Å². The van der Waals surface area contributed by atoms with Gasteiger partial charge in [-0.1, -0.05) is 31.4 Å². The predicted octanol–water partition coefficient (Wildman–Crippen LogP) is 4.42. The van der Waals surface area contributed by atoms with Gasteiger partial charge in [-0.3, -0.25) is 0 Å². The Hall–Kier alpha value is -3.67. The van der Waals surface area contributed by atoms with Crippen LogP contribution in [0.5, 0.6) is 5.75 Å². The number of aryl methyl sites for hydroxylation is 1. The maximum absolute atomic E-state index is 12.1. The van der Waals surface area contributed by atoms with Crippen LogP contribution >= 0.6 is 0 Å². The minimum Gasteiger partial charge on any atom is -0.463 e. The molecule has 2 aromatic carbocycles. The third-order valence-electron chi connectivity index (χ3n) is 4.20. The van der Waals surface area contributed by atoms with Gasteiger partial charge in [-0.2, -0.15) is 0 Å². The summed E-state index contributed by atoms with van der Waals surface area (Å²) in [6.45, 7) is 9.11. The molecule has 30 heavy (non-hydrogen) atoms. The Kier molecular flexibility index (Phi) is 8.56. The summed E-state index contributed by atoms with van der Waals surface area (Å²) in [5, 5.41) is 0. The molecule has 0 radical (unpaired) electrons. The molecule has 0 spiro atoms. The van der Waals surface area contributed by atoms with Crippen molar-refractivity contribution in [2.45, 2.75) is 19.8 Å². The average molecular weight is 408 g/mol. The van der Waals surface area contributed by atoms with Crippen molar-refractivity contribution in [3.63, 3.8) is 0 Å². The molecule has 0 N–H and O–H groups in total. The van der Waals surface area contributed by atoms with E-state index in [-0.39, 0.29) is 13.2 Å². The van der Waals surface area contributed by atoms with Gasteiger partial charge in [0, 0.05) is 12.2 Å². The molecule has 2 rings (SSSR count). The number of hydrogen-bond acceptors (Lipinski definition) is 6. The van der Waals surface area contributed by atoms with E-state index in [0.717, 1.165) is 28.8 Å². The highest BCUT2D eigenvalue weighted by atomic mass is 16.5. The van der Waals surface area contributed by atoms with E-state index in [1.54, 1.807) is 24.3 Å². The zero-order chi connectivity index (χ0) is 21.9. The van der Waals surface area contributed by atoms with Gasteiger partial charge in [-0.15, -0.1) is 0 Å². The monoisotopic (exact) mass is 408 g/mol. The van der Waals surface area contributed by atoms with Crippen LogP contribution < -0.4 is 4.74 Å². The van der Waals surface area contributed by atoms with E-state index in [2.05, 4.69) is 13.2 Å². The number of carbonyl (C=O) groups excluding carboxylic acids is 3. The Balaban J connectivity index is 1.89. The molecule has 156 valence electrons. The molecule has 6 heteroatoms. The van der Waals surface area contributed by atoms with Gasteiger partial charge in [0.15, 0.2) is 0 Å². The summed E-state index contributed by atoms with van der Waals surface area (Å²) in [5.41, 5.74) is 3.26. The Morgan fingerprint density at radius 3 is 2.10 bits per heavy atom. The van der Waals surface area contributed by atoms with Crippen LogP contribution in [0.2, 0.25) is 0 Å². The third kappa shape index (κ3) is 6.74. The summed E-state index contributed by atoms with van der Waals surface area (Å²) in [4.78, 5) is 34.4. The second-order valence-electron chi connectivity index (χ2n) is 6.39. The molecule has 0 saturated carbocycles. The maximum atomic E-state index is 12.1. The average Bonchev–Trinajstić information content (AvgIpc) is 2.75. The molecule has 2 aromatic rings. The van der Waals surface area contributed by atoms with Crippen molar-refractivity contribution in [1.82, 2.24) is 0 Å². The molecule has 0 heterocycles. The third-order valence-corrected chi connectivity index (χ3v) is 4.20. The smallest absolute Gasteiger partial charge is 0.338 e. The van der Waals surface area contributed by atoms with Crippen LogP contribution in [-0.2, 0) is 19.1 Å². The van der Waals surface area contributed by atoms with Gasteiger partial charge < -0.3 is 14.2 Å². The van der Waals surface area contributed by atoms with E-state index in [9.17, 15) is 14.4 Å². The normalized spacial score (nSPS) is 10.0. The van der Waals surface area contributed by atoms with Crippen LogP contribution in [0.25, 0.3) is 11.1 Å². The van der Waals surface area contributed by atoms with E-state index in [0.29, 0.717) is 24.2 Å². The van der Waals surface area contributed by atoms with Crippen LogP contribution in [0, 0.1) is 6.92 Å². The predicted molar refractivity (Wildman–Crippen MR) is 113 cm³/mol. The van der Waals surface area contributed by atoms with Crippen molar-refractivity contribution in [3.05, 3.63) is 78.9 Å². The zero-order valence-electron chi connectivity index (χ0n) is 16.9. The number of rotatable bonds is 10. The topological polar surface area (TPSA) is 78.9 Å². The van der Waals surface area contributed by atoms with E-state index in [4.69, 9.17) is 14.2 Å². The summed E-state index contributed by atoms with van der Waals surface area (Å²) in [6, 6.07) is 12.4. The highest BCUT2D eigenvalue weighted by molar-refractivity contribution is 5.90. The number of esters is 3. The molecular formula is C24H24O6. The van der Waals surface area contributed by atoms with Crippen molar-refractivity contribution >= 4 is 17.9 Å². The van der Waals surface area contributed by atoms with E-state index < -0.39 is 17.9 Å². The molecule has 0 aliphatic rings. The van der Waals surface area contributed by atoms with Gasteiger partial charge in [0.05, 0.1) is 18.8 Å². The minimum absolute atomic E-state index is 0.246. The lowest BCUT2D eigenvalue weighted by Gasteiger charge is -2.10. The molecule has 0 saturated heterocycles. The van der Waals surface area contributed by atoms with E-state index in [1.807, 2.05) is 25.1 Å². The molecule has 0 bridgehead atoms. The summed E-state index contributed by atoms with van der Waals surface area (Å²) in [5.74, 6) is -0.939. The number of benzene rings is 2. The Morgan fingerprint density at radius 2 is 1.50 bits per heavy atom. The van der Waals surface area contributed by atoms with Crippen LogP contribution in [0.4, 0.5) is 0 Å². The van der Waals surface area contributed by atoms with Gasteiger partial charge in [0.1, 0.15) is 5.75 Å². The summed E-state index contributed by atoms with van der Waals surface area (Å²) in [6.07, 6.45) is 3.41. The lowest BCUT2D eigenvalue weighted by molar-refractivity contribution is -0.138. The summed E-state index contributed by atoms with van der Waals surface area (Å²) < 4.78 is 15.2. The zero-order valence-corrected chi connectivity index (χ0v) is 16.9. The quantitative estimate of drug-likeness (QED) is 0.251. The van der Waals surface area contributed by atoms with Crippen LogP contribution in [-0.4, -0.2) is 31.1 Å². The van der Waals surface area contributed by atoms with Crippen molar-refractivity contribution in [2.24, 2.45) is 0 Å². The highest BCUT2D eigenvalue weighted by Gasteiger charge is 2.10. The molecule has 0 atom stereocenters. The second-order valence-corrected chi connectivity index (χ2v) is 6.39. The minimum atomic E-state index is -0.511. The first kappa shape index (κ1) is 22.6. The van der Waals surface area contributed by atoms with E-state index >= 15 is 0 Å². The fraction of sp³-hybridized carbons (Fsp3) is 0.208. The van der Waals surface area contributed by atoms with Gasteiger partial charge in [0.2, 0.25) is 0 Å². The number of carbonyl (C=O) groups is 3. The van der Waals surface area contributed by atoms with Gasteiger partial charge in [-0.25, -0.2) is 14.4 Å². The van der Waals surface area contributed by atoms with Crippen LogP contribution in [0.15, 0.2) is 67.8 Å². The van der Waals surface area contributed by atoms with Crippen molar-refractivity contribution < 1.29 is 28.6 Å². The van der Waals surface area contributed by atoms with Gasteiger partial charge in [0.25, 0.3) is 0 Å². The summed E-state index contributed by atoms with van der Waals surface area (Å²) >= 11 is 0. The molecule has 0 unspecified atom stereocenters. The molecule has 0 aromatic heterocycles.